The number of aromatic nitrogens is 2. The van der Waals surface area contributed by atoms with Gasteiger partial charge in [-0.1, -0.05) is 66.7 Å². The Morgan fingerprint density at radius 3 is 2.53 bits per heavy atom. The van der Waals surface area contributed by atoms with Crippen molar-refractivity contribution in [1.82, 2.24) is 15.6 Å². The van der Waals surface area contributed by atoms with Gasteiger partial charge in [0, 0.05) is 11.1 Å². The summed E-state index contributed by atoms with van der Waals surface area (Å²) >= 11 is 0. The van der Waals surface area contributed by atoms with E-state index in [1.165, 1.54) is 0 Å². The molecule has 6 nitrogen and oxygen atoms in total. The number of hydrogen-bond acceptors (Lipinski definition) is 4. The van der Waals surface area contributed by atoms with E-state index < -0.39 is 0 Å². The number of nitrogens with one attached hydrogen (secondary N) is 2. The predicted octanol–water partition coefficient (Wildman–Crippen LogP) is 5.16. The number of ether oxygens (including phenoxy) is 1. The zero-order valence-corrected chi connectivity index (χ0v) is 17.4. The zero-order chi connectivity index (χ0) is 21.9. The molecular weight excluding hydrogens is 400 g/mol. The molecule has 0 atom stereocenters. The lowest BCUT2D eigenvalue weighted by Crippen LogP contribution is -2.18. The Labute approximate surface area is 184 Å². The second-order valence-corrected chi connectivity index (χ2v) is 7.33. The van der Waals surface area contributed by atoms with Crippen LogP contribution in [0.5, 0.6) is 5.75 Å². The number of rotatable bonds is 5. The fraction of sp³-hybridized carbons (Fsp3) is 0.0385. The van der Waals surface area contributed by atoms with Gasteiger partial charge in [0.1, 0.15) is 11.4 Å². The summed E-state index contributed by atoms with van der Waals surface area (Å²) in [4.78, 5) is 12.6. The smallest absolute Gasteiger partial charge is 0.289 e. The Bertz CT molecular complexity index is 1470. The van der Waals surface area contributed by atoms with Crippen LogP contribution >= 0.6 is 0 Å². The van der Waals surface area contributed by atoms with Crippen molar-refractivity contribution >= 4 is 33.7 Å². The molecule has 1 heterocycles. The topological polar surface area (TPSA) is 79.4 Å². The molecule has 0 radical (unpaired) electrons. The zero-order valence-electron chi connectivity index (χ0n) is 17.4. The lowest BCUT2D eigenvalue weighted by molar-refractivity contribution is 0.0950. The SMILES string of the molecule is COc1ccc2ccccc2c1/C=N/NC(=O)c1cc(-c2ccc3ccccc3c2)n[nH]1. The van der Waals surface area contributed by atoms with Crippen LogP contribution in [0.1, 0.15) is 16.1 Å². The van der Waals surface area contributed by atoms with Crippen molar-refractivity contribution in [1.29, 1.82) is 0 Å². The maximum Gasteiger partial charge on any atom is 0.289 e. The third kappa shape index (κ3) is 3.70. The molecule has 4 aromatic carbocycles. The average Bonchev–Trinajstić information content (AvgIpc) is 3.34. The van der Waals surface area contributed by atoms with E-state index in [0.717, 1.165) is 32.7 Å². The van der Waals surface area contributed by atoms with Crippen LogP contribution in [-0.4, -0.2) is 29.4 Å². The number of nitrogens with zero attached hydrogens (tertiary/aromatic N) is 2. The van der Waals surface area contributed by atoms with Crippen molar-refractivity contribution in [3.63, 3.8) is 0 Å². The molecule has 6 heteroatoms. The maximum absolute atomic E-state index is 12.6. The summed E-state index contributed by atoms with van der Waals surface area (Å²) in [7, 11) is 1.61. The second-order valence-electron chi connectivity index (χ2n) is 7.33. The van der Waals surface area contributed by atoms with Crippen LogP contribution < -0.4 is 10.2 Å². The van der Waals surface area contributed by atoms with E-state index in [9.17, 15) is 4.79 Å². The predicted molar refractivity (Wildman–Crippen MR) is 127 cm³/mol. The van der Waals surface area contributed by atoms with E-state index in [0.29, 0.717) is 17.1 Å². The number of hydrogen-bond donors (Lipinski definition) is 2. The molecule has 0 aliphatic heterocycles. The van der Waals surface area contributed by atoms with Crippen LogP contribution in [0.4, 0.5) is 0 Å². The van der Waals surface area contributed by atoms with Crippen LogP contribution in [0.3, 0.4) is 0 Å². The summed E-state index contributed by atoms with van der Waals surface area (Å²) < 4.78 is 5.46. The summed E-state index contributed by atoms with van der Waals surface area (Å²) in [6.45, 7) is 0. The lowest BCUT2D eigenvalue weighted by atomic mass is 10.0. The maximum atomic E-state index is 12.6. The number of fused-ring (bicyclic) bond motifs is 2. The number of benzene rings is 4. The van der Waals surface area contributed by atoms with Gasteiger partial charge in [0.25, 0.3) is 5.91 Å². The molecule has 0 aliphatic carbocycles. The highest BCUT2D eigenvalue weighted by Crippen LogP contribution is 2.26. The highest BCUT2D eigenvalue weighted by atomic mass is 16.5. The standard InChI is InChI=1S/C26H20N4O2/c1-32-25-13-12-18-7-4-5-9-21(18)22(25)16-27-30-26(31)24-15-23(28-29-24)20-11-10-17-6-2-3-8-19(17)14-20/h2-16H,1H3,(H,28,29)(H,30,31)/b27-16+. The first-order valence-corrected chi connectivity index (χ1v) is 10.2. The number of H-pyrrole nitrogens is 1. The monoisotopic (exact) mass is 420 g/mol. The lowest BCUT2D eigenvalue weighted by Gasteiger charge is -2.08. The van der Waals surface area contributed by atoms with Gasteiger partial charge < -0.3 is 4.74 Å². The quantitative estimate of drug-likeness (QED) is 0.305. The van der Waals surface area contributed by atoms with E-state index in [2.05, 4.69) is 38.9 Å². The Balaban J connectivity index is 1.36. The van der Waals surface area contributed by atoms with Gasteiger partial charge in [0.15, 0.2) is 0 Å². The number of carbonyl (C=O) groups excluding carboxylic acids is 1. The van der Waals surface area contributed by atoms with Crippen LogP contribution in [0.25, 0.3) is 32.8 Å². The first kappa shape index (κ1) is 19.5. The van der Waals surface area contributed by atoms with Gasteiger partial charge in [-0.2, -0.15) is 10.2 Å². The first-order chi connectivity index (χ1) is 15.7. The van der Waals surface area contributed by atoms with Crippen molar-refractivity contribution in [2.24, 2.45) is 5.10 Å². The molecule has 2 N–H and O–H groups in total. The number of carbonyl (C=O) groups is 1. The minimum Gasteiger partial charge on any atom is -0.496 e. The Hall–Kier alpha value is -4.45. The van der Waals surface area contributed by atoms with Gasteiger partial charge in [-0.05, 0) is 39.7 Å². The second kappa shape index (κ2) is 8.35. The van der Waals surface area contributed by atoms with Gasteiger partial charge in [-0.25, -0.2) is 5.43 Å². The van der Waals surface area contributed by atoms with Gasteiger partial charge in [0.2, 0.25) is 0 Å². The average molecular weight is 420 g/mol. The molecule has 0 unspecified atom stereocenters. The fourth-order valence-corrected chi connectivity index (χ4v) is 3.74. The van der Waals surface area contributed by atoms with Crippen molar-refractivity contribution in [3.05, 3.63) is 96.2 Å². The Morgan fingerprint density at radius 2 is 1.69 bits per heavy atom. The van der Waals surface area contributed by atoms with E-state index in [4.69, 9.17) is 4.74 Å². The summed E-state index contributed by atoms with van der Waals surface area (Å²) in [5.74, 6) is 0.307. The van der Waals surface area contributed by atoms with Crippen LogP contribution in [0, 0.1) is 0 Å². The first-order valence-electron chi connectivity index (χ1n) is 10.2. The summed E-state index contributed by atoms with van der Waals surface area (Å²) in [6, 6.07) is 27.7. The molecular formula is C26H20N4O2. The van der Waals surface area contributed by atoms with E-state index in [-0.39, 0.29) is 5.91 Å². The minimum atomic E-state index is -0.375. The van der Waals surface area contributed by atoms with Crippen molar-refractivity contribution < 1.29 is 9.53 Å². The molecule has 0 bridgehead atoms. The molecule has 1 amide bonds. The van der Waals surface area contributed by atoms with Gasteiger partial charge in [0.05, 0.1) is 19.0 Å². The number of hydrazone groups is 1. The summed E-state index contributed by atoms with van der Waals surface area (Å²) in [6.07, 6.45) is 1.60. The third-order valence-electron chi connectivity index (χ3n) is 5.38. The minimum absolute atomic E-state index is 0.329. The van der Waals surface area contributed by atoms with Crippen molar-refractivity contribution in [2.75, 3.05) is 7.11 Å². The fourth-order valence-electron chi connectivity index (χ4n) is 3.74. The molecule has 156 valence electrons. The number of methoxy groups -OCH3 is 1. The third-order valence-corrected chi connectivity index (χ3v) is 5.38. The largest absolute Gasteiger partial charge is 0.496 e. The molecule has 0 aliphatic rings. The highest BCUT2D eigenvalue weighted by Gasteiger charge is 2.11. The normalized spacial score (nSPS) is 11.3. The number of amides is 1. The van der Waals surface area contributed by atoms with E-state index in [1.807, 2.05) is 60.7 Å². The van der Waals surface area contributed by atoms with Gasteiger partial charge in [-0.3, -0.25) is 9.89 Å². The molecule has 32 heavy (non-hydrogen) atoms. The molecule has 0 spiro atoms. The molecule has 0 fully saturated rings. The van der Waals surface area contributed by atoms with Crippen LogP contribution in [0.2, 0.25) is 0 Å². The summed E-state index contributed by atoms with van der Waals surface area (Å²) in [5, 5.41) is 15.6. The van der Waals surface area contributed by atoms with Crippen molar-refractivity contribution in [3.8, 4) is 17.0 Å². The molecule has 5 rings (SSSR count). The Morgan fingerprint density at radius 1 is 0.938 bits per heavy atom. The van der Waals surface area contributed by atoms with E-state index >= 15 is 0 Å². The van der Waals surface area contributed by atoms with Crippen LogP contribution in [0.15, 0.2) is 90.0 Å². The van der Waals surface area contributed by atoms with Gasteiger partial charge in [-0.15, -0.1) is 0 Å². The molecule has 1 aromatic heterocycles. The van der Waals surface area contributed by atoms with Gasteiger partial charge >= 0.3 is 0 Å². The molecule has 0 saturated carbocycles. The van der Waals surface area contributed by atoms with Crippen LogP contribution in [-0.2, 0) is 0 Å². The highest BCUT2D eigenvalue weighted by molar-refractivity contribution is 6.03. The molecule has 0 saturated heterocycles. The van der Waals surface area contributed by atoms with Crippen molar-refractivity contribution in [2.45, 2.75) is 0 Å². The number of aromatic amines is 1. The Kier molecular flexibility index (Phi) is 5.09. The van der Waals surface area contributed by atoms with E-state index in [1.54, 1.807) is 19.4 Å². The molecule has 5 aromatic rings. The summed E-state index contributed by atoms with van der Waals surface area (Å²) in [5.41, 5.74) is 5.32.